The fraction of sp³-hybridized carbons (Fsp3) is 0.524. The number of halogens is 1. The van der Waals surface area contributed by atoms with Crippen LogP contribution in [0.5, 0.6) is 0 Å². The van der Waals surface area contributed by atoms with E-state index in [1.54, 1.807) is 0 Å². The molecule has 7 heterocycles. The standard InChI is InChI=1S/C21H26FN9O10P2S2/c22-7-1-30(18-10(7)16(23)25-4-27-18)20-13(33)14-9(39-20)3-37-43(35,45)41-15-12(32)8(2-36-42(34,44)40-14)38-21(15)31-6-29-11-17(24)26-5-28-19(11)31/h1,4-6,8-9,12-16,20-21,32-33H,2-3,23H2,(H,25,27)(H,34,44)(H,35,45)(H2,24,26,28)/t8-,9-,12-,13-,14-,15-,16?,20-,21-,42?,43?/m1/s1. The van der Waals surface area contributed by atoms with Gasteiger partial charge in [0, 0.05) is 6.20 Å². The number of aromatic nitrogens is 5. The number of hydrogen-bond donors (Lipinski definition) is 7. The molecule has 24 heteroatoms. The van der Waals surface area contributed by atoms with Gasteiger partial charge in [-0.1, -0.05) is 12.2 Å². The molecule has 3 aromatic rings. The van der Waals surface area contributed by atoms with E-state index < -0.39 is 87.8 Å². The summed E-state index contributed by atoms with van der Waals surface area (Å²) in [4.78, 5) is 27.2. The number of nitrogens with two attached hydrogens (primary N) is 2. The molecular weight excluding hydrogens is 683 g/mol. The van der Waals surface area contributed by atoms with Crippen LogP contribution in [0.15, 0.2) is 23.8 Å². The number of ether oxygens (including phenoxy) is 2. The predicted octanol–water partition coefficient (Wildman–Crippen LogP) is 0.0489. The van der Waals surface area contributed by atoms with E-state index in [0.717, 1.165) is 6.20 Å². The van der Waals surface area contributed by atoms with Crippen molar-refractivity contribution in [1.82, 2.24) is 24.1 Å². The number of nitrogens with zero attached hydrogens (tertiary/aromatic N) is 6. The van der Waals surface area contributed by atoms with Crippen molar-refractivity contribution in [3.63, 3.8) is 0 Å². The summed E-state index contributed by atoms with van der Waals surface area (Å²) in [5, 5.41) is 25.2. The summed E-state index contributed by atoms with van der Waals surface area (Å²) < 4.78 is 65.4. The van der Waals surface area contributed by atoms with Crippen LogP contribution < -0.4 is 16.8 Å². The molecule has 19 nitrogen and oxygen atoms in total. The first-order chi connectivity index (χ1) is 21.3. The quantitative estimate of drug-likeness (QED) is 0.137. The highest BCUT2D eigenvalue weighted by Crippen LogP contribution is 2.58. The highest BCUT2D eigenvalue weighted by atomic mass is 32.7. The third kappa shape index (κ3) is 5.61. The minimum atomic E-state index is -4.35. The van der Waals surface area contributed by atoms with Crippen LogP contribution in [-0.2, 0) is 43.9 Å². The van der Waals surface area contributed by atoms with Crippen molar-refractivity contribution in [3.8, 4) is 0 Å². The van der Waals surface area contributed by atoms with Gasteiger partial charge in [0.05, 0.1) is 31.4 Å². The second-order valence-corrected chi connectivity index (χ2v) is 16.0. The minimum Gasteiger partial charge on any atom is -0.387 e. The Morgan fingerprint density at radius 2 is 1.82 bits per heavy atom. The Balaban J connectivity index is 1.19. The van der Waals surface area contributed by atoms with Crippen molar-refractivity contribution in [2.24, 2.45) is 10.7 Å². The van der Waals surface area contributed by atoms with Crippen molar-refractivity contribution in [2.75, 3.05) is 24.3 Å². The van der Waals surface area contributed by atoms with E-state index in [1.807, 2.05) is 0 Å². The van der Waals surface area contributed by atoms with Crippen molar-refractivity contribution >= 4 is 66.7 Å². The van der Waals surface area contributed by atoms with Gasteiger partial charge in [-0.15, -0.1) is 0 Å². The summed E-state index contributed by atoms with van der Waals surface area (Å²) in [5.41, 5.74) is 12.3. The van der Waals surface area contributed by atoms with E-state index >= 15 is 0 Å². The van der Waals surface area contributed by atoms with Gasteiger partial charge in [0.25, 0.3) is 0 Å². The van der Waals surface area contributed by atoms with Gasteiger partial charge in [0.15, 0.2) is 23.9 Å². The molecule has 2 bridgehead atoms. The lowest BCUT2D eigenvalue weighted by atomic mass is 10.1. The first-order valence-electron chi connectivity index (χ1n) is 13.2. The van der Waals surface area contributed by atoms with E-state index in [1.165, 1.54) is 28.1 Å². The van der Waals surface area contributed by atoms with E-state index in [4.69, 9.17) is 50.8 Å². The maximum absolute atomic E-state index is 14.8. The first-order valence-corrected chi connectivity index (χ1v) is 18.5. The van der Waals surface area contributed by atoms with Crippen LogP contribution >= 0.6 is 25.8 Å². The molecule has 3 aromatic heterocycles. The minimum absolute atomic E-state index is 0.0277. The summed E-state index contributed by atoms with van der Waals surface area (Å²) in [5.74, 6) is -0.478. The van der Waals surface area contributed by atoms with Crippen LogP contribution in [0.3, 0.4) is 0 Å². The molecule has 4 aliphatic heterocycles. The Morgan fingerprint density at radius 1 is 1.07 bits per heavy atom. The van der Waals surface area contributed by atoms with Crippen molar-refractivity contribution in [3.05, 3.63) is 30.2 Å². The topological polar surface area (TPSA) is 258 Å². The van der Waals surface area contributed by atoms with Gasteiger partial charge in [-0.05, 0) is 11.8 Å². The van der Waals surface area contributed by atoms with Gasteiger partial charge in [-0.2, -0.15) is 0 Å². The molecule has 0 saturated carbocycles. The molecule has 244 valence electrons. The second kappa shape index (κ2) is 11.5. The molecule has 0 aromatic carbocycles. The number of fused-ring (bicyclic) bond motifs is 5. The number of imidazole rings is 1. The summed E-state index contributed by atoms with van der Waals surface area (Å²) in [6, 6.07) is 0. The van der Waals surface area contributed by atoms with Gasteiger partial charge in [-0.3, -0.25) is 23.1 Å². The number of nitrogens with one attached hydrogen (secondary N) is 1. The molecule has 3 fully saturated rings. The average molecular weight is 710 g/mol. The number of aliphatic hydroxyl groups excluding tert-OH is 2. The fourth-order valence-corrected chi connectivity index (χ4v) is 8.47. The van der Waals surface area contributed by atoms with E-state index in [9.17, 15) is 24.1 Å². The molecule has 0 radical (unpaired) electrons. The molecule has 0 aliphatic carbocycles. The number of aliphatic imine (C=N–C) groups is 1. The highest BCUT2D eigenvalue weighted by molar-refractivity contribution is 8.44. The summed E-state index contributed by atoms with van der Waals surface area (Å²) in [6.07, 6.45) is -7.17. The maximum atomic E-state index is 14.8. The Morgan fingerprint density at radius 3 is 2.62 bits per heavy atom. The van der Waals surface area contributed by atoms with Gasteiger partial charge >= 0.3 is 13.5 Å². The molecule has 7 rings (SSSR count). The monoisotopic (exact) mass is 709 g/mol. The lowest BCUT2D eigenvalue weighted by Gasteiger charge is -2.27. The highest BCUT2D eigenvalue weighted by Gasteiger charge is 2.53. The number of aliphatic hydroxyl groups is 2. The van der Waals surface area contributed by atoms with Gasteiger partial charge in [0.1, 0.15) is 66.3 Å². The lowest BCUT2D eigenvalue weighted by molar-refractivity contribution is -0.0590. The van der Waals surface area contributed by atoms with Crippen LogP contribution in [0.25, 0.3) is 11.2 Å². The molecule has 0 spiro atoms. The van der Waals surface area contributed by atoms with Crippen molar-refractivity contribution in [1.29, 1.82) is 0 Å². The average Bonchev–Trinajstić information content (AvgIpc) is 3.71. The largest absolute Gasteiger partial charge is 0.387 e. The molecular formula is C21H26FN9O10P2S2. The lowest BCUT2D eigenvalue weighted by Crippen LogP contribution is -2.36. The van der Waals surface area contributed by atoms with Crippen LogP contribution in [-0.4, -0.2) is 95.4 Å². The van der Waals surface area contributed by atoms with Gasteiger partial charge in [-0.25, -0.2) is 23.9 Å². The second-order valence-electron chi connectivity index (χ2n) is 10.4. The molecule has 8 N–H and O–H groups in total. The van der Waals surface area contributed by atoms with Crippen LogP contribution in [0.1, 0.15) is 24.2 Å². The number of hydrogen-bond acceptors (Lipinski definition) is 17. The molecule has 0 amide bonds. The first kappa shape index (κ1) is 31.5. The van der Waals surface area contributed by atoms with E-state index in [0.29, 0.717) is 0 Å². The Bertz CT molecular complexity index is 1770. The zero-order chi connectivity index (χ0) is 31.8. The number of thiol groups is 1. The summed E-state index contributed by atoms with van der Waals surface area (Å²) >= 11 is 9.30. The number of nitrogen functional groups attached to an aromatic ring is 1. The third-order valence-electron chi connectivity index (χ3n) is 7.63. The van der Waals surface area contributed by atoms with Crippen LogP contribution in [0, 0.1) is 5.82 Å². The van der Waals surface area contributed by atoms with Gasteiger partial charge in [0.2, 0.25) is 0 Å². The van der Waals surface area contributed by atoms with Crippen LogP contribution in [0.2, 0.25) is 0 Å². The zero-order valence-corrected chi connectivity index (χ0v) is 26.1. The van der Waals surface area contributed by atoms with Crippen LogP contribution in [0.4, 0.5) is 16.0 Å². The molecule has 3 unspecified atom stereocenters. The number of rotatable bonds is 2. The number of anilines is 2. The van der Waals surface area contributed by atoms with Gasteiger partial charge < -0.3 is 50.5 Å². The SMILES string of the molecule is Nc1ncnc2c1ncn2[C@@H]1O[C@@H]2COP(O)(=S)O[C@H]3[C@@H](O)[C@H](n4cc(F)c5c4NC=NC5N)O[C@@H]3COP(=O)(S)O[C@@H]1[C@@H]2O. The fourth-order valence-electron chi connectivity index (χ4n) is 5.56. The summed E-state index contributed by atoms with van der Waals surface area (Å²) in [7, 11) is 0. The normalized spacial score (nSPS) is 40.3. The third-order valence-corrected chi connectivity index (χ3v) is 10.8. The van der Waals surface area contributed by atoms with E-state index in [-0.39, 0.29) is 28.4 Å². The Labute approximate surface area is 262 Å². The van der Waals surface area contributed by atoms with Crippen molar-refractivity contribution in [2.45, 2.75) is 55.2 Å². The zero-order valence-electron chi connectivity index (χ0n) is 22.6. The Hall–Kier alpha value is -2.14. The molecule has 45 heavy (non-hydrogen) atoms. The Kier molecular flexibility index (Phi) is 8.06. The summed E-state index contributed by atoms with van der Waals surface area (Å²) in [6.45, 7) is -9.67. The molecule has 11 atom stereocenters. The van der Waals surface area contributed by atoms with E-state index in [2.05, 4.69) is 37.5 Å². The molecule has 3 saturated heterocycles. The predicted molar refractivity (Wildman–Crippen MR) is 158 cm³/mol. The maximum Gasteiger partial charge on any atom is 0.386 e. The molecule has 4 aliphatic rings. The van der Waals surface area contributed by atoms with Crippen molar-refractivity contribution < 1.29 is 51.6 Å². The smallest absolute Gasteiger partial charge is 0.386 e.